The number of halogens is 2. The molecule has 6 heteroatoms. The van der Waals surface area contributed by atoms with Crippen molar-refractivity contribution in [1.82, 2.24) is 5.32 Å². The highest BCUT2D eigenvalue weighted by atomic mass is 35.5. The van der Waals surface area contributed by atoms with Crippen molar-refractivity contribution in [2.24, 2.45) is 0 Å². The Bertz CT molecular complexity index is 668. The first kappa shape index (κ1) is 18.5. The van der Waals surface area contributed by atoms with E-state index in [0.29, 0.717) is 31.9 Å². The Balaban J connectivity index is 0.00000208. The van der Waals surface area contributed by atoms with Gasteiger partial charge in [-0.1, -0.05) is 24.3 Å². The van der Waals surface area contributed by atoms with Crippen LogP contribution in [0.2, 0.25) is 0 Å². The normalized spacial score (nSPS) is 14.4. The Morgan fingerprint density at radius 2 is 1.92 bits per heavy atom. The van der Waals surface area contributed by atoms with Gasteiger partial charge in [0.1, 0.15) is 5.82 Å². The van der Waals surface area contributed by atoms with E-state index in [4.69, 9.17) is 9.47 Å². The first-order valence-electron chi connectivity index (χ1n) is 7.76. The van der Waals surface area contributed by atoms with Gasteiger partial charge < -0.3 is 19.9 Å². The number of aliphatic hydroxyl groups is 1. The number of ether oxygens (including phenoxy) is 2. The van der Waals surface area contributed by atoms with Gasteiger partial charge in [0.05, 0.1) is 19.3 Å². The Hall–Kier alpha value is -1.82. The molecule has 0 spiro atoms. The van der Waals surface area contributed by atoms with Crippen LogP contribution in [-0.4, -0.2) is 24.9 Å². The SMILES string of the molecule is Cl.OC(CNCc1cccc2c1OCCCO2)c1cccc(F)c1. The summed E-state index contributed by atoms with van der Waals surface area (Å²) in [5, 5.41) is 13.3. The van der Waals surface area contributed by atoms with Crippen LogP contribution < -0.4 is 14.8 Å². The summed E-state index contributed by atoms with van der Waals surface area (Å²) < 4.78 is 24.6. The molecule has 0 aromatic heterocycles. The maximum Gasteiger partial charge on any atom is 0.165 e. The molecule has 2 aromatic carbocycles. The van der Waals surface area contributed by atoms with Crippen LogP contribution in [0.1, 0.15) is 23.7 Å². The molecule has 1 aliphatic rings. The predicted molar refractivity (Wildman–Crippen MR) is 92.4 cm³/mol. The lowest BCUT2D eigenvalue weighted by Gasteiger charge is -2.15. The average molecular weight is 354 g/mol. The lowest BCUT2D eigenvalue weighted by atomic mass is 10.1. The summed E-state index contributed by atoms with van der Waals surface area (Å²) in [5.74, 6) is 1.17. The number of nitrogens with one attached hydrogen (secondary N) is 1. The topological polar surface area (TPSA) is 50.7 Å². The van der Waals surface area contributed by atoms with E-state index in [-0.39, 0.29) is 18.2 Å². The first-order valence-corrected chi connectivity index (χ1v) is 7.76. The van der Waals surface area contributed by atoms with Crippen LogP contribution in [0.3, 0.4) is 0 Å². The summed E-state index contributed by atoms with van der Waals surface area (Å²) >= 11 is 0. The predicted octanol–water partition coefficient (Wildman–Crippen LogP) is 3.23. The maximum absolute atomic E-state index is 13.2. The van der Waals surface area contributed by atoms with Crippen molar-refractivity contribution in [3.63, 3.8) is 0 Å². The Labute approximate surface area is 147 Å². The molecule has 1 unspecified atom stereocenters. The fraction of sp³-hybridized carbons (Fsp3) is 0.333. The molecule has 1 heterocycles. The van der Waals surface area contributed by atoms with Gasteiger partial charge in [-0.2, -0.15) is 0 Å². The molecule has 0 fully saturated rings. The second-order valence-electron chi connectivity index (χ2n) is 5.50. The molecule has 2 N–H and O–H groups in total. The molecule has 3 rings (SSSR count). The van der Waals surface area contributed by atoms with E-state index in [1.807, 2.05) is 18.2 Å². The van der Waals surface area contributed by atoms with Gasteiger partial charge in [0.15, 0.2) is 11.5 Å². The number of hydrogen-bond acceptors (Lipinski definition) is 4. The van der Waals surface area contributed by atoms with Gasteiger partial charge in [-0.25, -0.2) is 4.39 Å². The molecular formula is C18H21ClFNO3. The molecule has 0 bridgehead atoms. The van der Waals surface area contributed by atoms with Crippen molar-refractivity contribution in [3.05, 3.63) is 59.4 Å². The standard InChI is InChI=1S/C18H20FNO3.ClH/c19-15-6-1-4-13(10-15)16(21)12-20-11-14-5-2-7-17-18(14)23-9-3-8-22-17;/h1-2,4-7,10,16,20-21H,3,8-9,11-12H2;1H. The highest BCUT2D eigenvalue weighted by Gasteiger charge is 2.15. The Morgan fingerprint density at radius 1 is 1.12 bits per heavy atom. The quantitative estimate of drug-likeness (QED) is 0.866. The van der Waals surface area contributed by atoms with E-state index in [0.717, 1.165) is 23.5 Å². The van der Waals surface area contributed by atoms with Crippen LogP contribution in [0.25, 0.3) is 0 Å². The minimum Gasteiger partial charge on any atom is -0.490 e. The summed E-state index contributed by atoms with van der Waals surface area (Å²) in [5.41, 5.74) is 1.54. The number of rotatable bonds is 5. The molecule has 4 nitrogen and oxygen atoms in total. The number of fused-ring (bicyclic) bond motifs is 1. The minimum atomic E-state index is -0.759. The van der Waals surface area contributed by atoms with Crippen molar-refractivity contribution in [3.8, 4) is 11.5 Å². The van der Waals surface area contributed by atoms with Crippen molar-refractivity contribution >= 4 is 12.4 Å². The van der Waals surface area contributed by atoms with Gasteiger partial charge in [0, 0.05) is 25.1 Å². The molecule has 0 radical (unpaired) electrons. The van der Waals surface area contributed by atoms with Crippen LogP contribution in [-0.2, 0) is 6.54 Å². The largest absolute Gasteiger partial charge is 0.490 e. The van der Waals surface area contributed by atoms with Crippen molar-refractivity contribution in [2.75, 3.05) is 19.8 Å². The summed E-state index contributed by atoms with van der Waals surface area (Å²) in [7, 11) is 0. The molecular weight excluding hydrogens is 333 g/mol. The Morgan fingerprint density at radius 3 is 2.75 bits per heavy atom. The van der Waals surface area contributed by atoms with Crippen molar-refractivity contribution < 1.29 is 19.0 Å². The second kappa shape index (κ2) is 8.87. The van der Waals surface area contributed by atoms with Gasteiger partial charge in [-0.15, -0.1) is 12.4 Å². The number of aliphatic hydroxyl groups excluding tert-OH is 1. The molecule has 24 heavy (non-hydrogen) atoms. The number of benzene rings is 2. The lowest BCUT2D eigenvalue weighted by molar-refractivity contribution is 0.173. The fourth-order valence-corrected chi connectivity index (χ4v) is 2.57. The van der Waals surface area contributed by atoms with E-state index in [9.17, 15) is 9.50 Å². The van der Waals surface area contributed by atoms with Crippen LogP contribution in [0.4, 0.5) is 4.39 Å². The van der Waals surface area contributed by atoms with Crippen LogP contribution in [0.15, 0.2) is 42.5 Å². The van der Waals surface area contributed by atoms with Crippen LogP contribution in [0, 0.1) is 5.82 Å². The van der Waals surface area contributed by atoms with E-state index >= 15 is 0 Å². The molecule has 130 valence electrons. The van der Waals surface area contributed by atoms with Crippen molar-refractivity contribution in [1.29, 1.82) is 0 Å². The minimum absolute atomic E-state index is 0. The first-order chi connectivity index (χ1) is 11.2. The monoisotopic (exact) mass is 353 g/mol. The van der Waals surface area contributed by atoms with Gasteiger partial charge in [0.25, 0.3) is 0 Å². The van der Waals surface area contributed by atoms with E-state index in [1.165, 1.54) is 12.1 Å². The van der Waals surface area contributed by atoms with Gasteiger partial charge in [-0.3, -0.25) is 0 Å². The third-order valence-corrected chi connectivity index (χ3v) is 3.74. The smallest absolute Gasteiger partial charge is 0.165 e. The lowest BCUT2D eigenvalue weighted by Crippen LogP contribution is -2.21. The molecule has 0 aliphatic carbocycles. The van der Waals surface area contributed by atoms with Crippen LogP contribution in [0.5, 0.6) is 11.5 Å². The highest BCUT2D eigenvalue weighted by Crippen LogP contribution is 2.33. The zero-order chi connectivity index (χ0) is 16.1. The molecule has 0 saturated carbocycles. The molecule has 1 aliphatic heterocycles. The van der Waals surface area contributed by atoms with Crippen molar-refractivity contribution in [2.45, 2.75) is 19.1 Å². The van der Waals surface area contributed by atoms with Gasteiger partial charge >= 0.3 is 0 Å². The fourth-order valence-electron chi connectivity index (χ4n) is 2.57. The summed E-state index contributed by atoms with van der Waals surface area (Å²) in [6.07, 6.45) is 0.102. The average Bonchev–Trinajstić information content (AvgIpc) is 2.81. The van der Waals surface area contributed by atoms with Gasteiger partial charge in [-0.05, 0) is 23.8 Å². The third kappa shape index (κ3) is 4.60. The number of para-hydroxylation sites is 1. The van der Waals surface area contributed by atoms with Crippen LogP contribution >= 0.6 is 12.4 Å². The zero-order valence-corrected chi connectivity index (χ0v) is 14.0. The highest BCUT2D eigenvalue weighted by molar-refractivity contribution is 5.85. The number of hydrogen-bond donors (Lipinski definition) is 2. The van der Waals surface area contributed by atoms with E-state index in [2.05, 4.69) is 5.32 Å². The second-order valence-corrected chi connectivity index (χ2v) is 5.50. The van der Waals surface area contributed by atoms with E-state index < -0.39 is 6.10 Å². The summed E-state index contributed by atoms with van der Waals surface area (Å²) in [4.78, 5) is 0. The zero-order valence-electron chi connectivity index (χ0n) is 13.2. The third-order valence-electron chi connectivity index (χ3n) is 3.74. The molecule has 0 amide bonds. The summed E-state index contributed by atoms with van der Waals surface area (Å²) in [6, 6.07) is 11.8. The van der Waals surface area contributed by atoms with Gasteiger partial charge in [0.2, 0.25) is 0 Å². The van der Waals surface area contributed by atoms with E-state index in [1.54, 1.807) is 12.1 Å². The molecule has 1 atom stereocenters. The Kier molecular flexibility index (Phi) is 6.85. The molecule has 2 aromatic rings. The maximum atomic E-state index is 13.2. The molecule has 0 saturated heterocycles. The summed E-state index contributed by atoms with van der Waals surface area (Å²) in [6.45, 7) is 2.16.